The molecule has 1 N–H and O–H groups in total. The molecule has 3 rings (SSSR count). The topological polar surface area (TPSA) is 78.9 Å². The molecular weight excluding hydrogens is 421 g/mol. The van der Waals surface area contributed by atoms with Gasteiger partial charge in [-0.2, -0.15) is 0 Å². The van der Waals surface area contributed by atoms with Crippen LogP contribution < -0.4 is 14.4 Å². The van der Waals surface area contributed by atoms with Gasteiger partial charge in [-0.3, -0.25) is 4.79 Å². The summed E-state index contributed by atoms with van der Waals surface area (Å²) in [5, 5.41) is 0. The Bertz CT molecular complexity index is 1020. The largest absolute Gasteiger partial charge is 0.483 e. The van der Waals surface area contributed by atoms with Crippen LogP contribution in [0, 0.1) is 12.7 Å². The van der Waals surface area contributed by atoms with Crippen LogP contribution in [0.3, 0.4) is 0 Å². The Morgan fingerprint density at radius 3 is 2.32 bits per heavy atom. The minimum Gasteiger partial charge on any atom is -0.483 e. The van der Waals surface area contributed by atoms with Gasteiger partial charge < -0.3 is 14.5 Å². The highest BCUT2D eigenvalue weighted by atomic mass is 32.2. The van der Waals surface area contributed by atoms with Crippen LogP contribution in [0.25, 0.3) is 0 Å². The van der Waals surface area contributed by atoms with E-state index >= 15 is 0 Å². The van der Waals surface area contributed by atoms with Crippen LogP contribution in [-0.2, 0) is 14.8 Å². The first-order valence-corrected chi connectivity index (χ1v) is 11.7. The average molecular weight is 450 g/mol. The molecule has 1 heterocycles. The zero-order valence-electron chi connectivity index (χ0n) is 18.0. The molecule has 0 aliphatic carbocycles. The molecule has 9 heteroatoms. The number of nitrogens with zero attached hydrogens (tertiary/aromatic N) is 2. The number of sulfonamides is 1. The van der Waals surface area contributed by atoms with Crippen LogP contribution in [0.15, 0.2) is 47.4 Å². The monoisotopic (exact) mass is 449 g/mol. The van der Waals surface area contributed by atoms with E-state index in [1.165, 1.54) is 24.3 Å². The molecule has 2 aromatic carbocycles. The molecule has 0 aromatic heterocycles. The molecular formula is C22H28FN3O4S. The number of amides is 1. The zero-order valence-corrected chi connectivity index (χ0v) is 18.8. The van der Waals surface area contributed by atoms with Crippen molar-refractivity contribution in [2.45, 2.75) is 31.7 Å². The van der Waals surface area contributed by atoms with Crippen molar-refractivity contribution in [3.8, 4) is 5.75 Å². The molecule has 7 nitrogen and oxygen atoms in total. The first-order valence-electron chi connectivity index (χ1n) is 10.2. The van der Waals surface area contributed by atoms with E-state index in [4.69, 9.17) is 4.74 Å². The van der Waals surface area contributed by atoms with Gasteiger partial charge in [0.05, 0.1) is 4.90 Å². The fourth-order valence-electron chi connectivity index (χ4n) is 3.43. The van der Waals surface area contributed by atoms with Gasteiger partial charge in [-0.1, -0.05) is 0 Å². The van der Waals surface area contributed by atoms with Crippen LogP contribution in [-0.4, -0.2) is 58.1 Å². The maximum absolute atomic E-state index is 13.1. The molecule has 168 valence electrons. The second-order valence-electron chi connectivity index (χ2n) is 7.84. The molecule has 0 unspecified atom stereocenters. The summed E-state index contributed by atoms with van der Waals surface area (Å²) in [5.74, 6) is 0.0740. The summed E-state index contributed by atoms with van der Waals surface area (Å²) in [4.78, 5) is 16.6. The first kappa shape index (κ1) is 23.0. The highest BCUT2D eigenvalue weighted by Crippen LogP contribution is 2.22. The van der Waals surface area contributed by atoms with Gasteiger partial charge in [0.1, 0.15) is 11.6 Å². The number of ether oxygens (including phenoxy) is 1. The van der Waals surface area contributed by atoms with Gasteiger partial charge in [0.2, 0.25) is 10.0 Å². The van der Waals surface area contributed by atoms with Gasteiger partial charge in [-0.25, -0.2) is 17.5 Å². The van der Waals surface area contributed by atoms with Gasteiger partial charge in [-0.05, 0) is 68.8 Å². The molecule has 0 radical (unpaired) electrons. The fourth-order valence-corrected chi connectivity index (χ4v) is 4.76. The molecule has 0 atom stereocenters. The molecule has 1 amide bonds. The molecule has 31 heavy (non-hydrogen) atoms. The third-order valence-corrected chi connectivity index (χ3v) is 6.68. The Labute approximate surface area is 182 Å². The molecule has 0 bridgehead atoms. The Balaban J connectivity index is 1.53. The minimum atomic E-state index is -3.58. The number of benzene rings is 2. The lowest BCUT2D eigenvalue weighted by atomic mass is 10.2. The van der Waals surface area contributed by atoms with Crippen molar-refractivity contribution < 1.29 is 22.3 Å². The number of carbonyl (C=O) groups excluding carboxylic acids is 1. The third-order valence-electron chi connectivity index (χ3n) is 5.02. The quantitative estimate of drug-likeness (QED) is 0.703. The fraction of sp³-hybridized carbons (Fsp3) is 0.409. The van der Waals surface area contributed by atoms with E-state index in [1.807, 2.05) is 0 Å². The van der Waals surface area contributed by atoms with Gasteiger partial charge in [0.15, 0.2) is 6.61 Å². The zero-order chi connectivity index (χ0) is 22.6. The highest BCUT2D eigenvalue weighted by molar-refractivity contribution is 7.89. The number of hydrogen-bond donors (Lipinski definition) is 1. The van der Waals surface area contributed by atoms with Crippen molar-refractivity contribution in [1.29, 1.82) is 0 Å². The number of carbonyl (C=O) groups is 1. The normalized spacial score (nSPS) is 14.7. The van der Waals surface area contributed by atoms with Crippen LogP contribution in [0.4, 0.5) is 10.1 Å². The maximum Gasteiger partial charge on any atom is 0.260 e. The van der Waals surface area contributed by atoms with Crippen molar-refractivity contribution in [3.05, 3.63) is 53.8 Å². The smallest absolute Gasteiger partial charge is 0.260 e. The summed E-state index contributed by atoms with van der Waals surface area (Å²) < 4.78 is 45.9. The van der Waals surface area contributed by atoms with Gasteiger partial charge in [0.25, 0.3) is 5.91 Å². The van der Waals surface area contributed by atoms with E-state index in [0.717, 1.165) is 5.69 Å². The second-order valence-corrected chi connectivity index (χ2v) is 9.55. The SMILES string of the molecule is Cc1cc(S(=O)(=O)NC(C)C)ccc1OCC(=O)N1CCN(c2ccc(F)cc2)CC1. The number of nitrogens with one attached hydrogen (secondary N) is 1. The van der Waals surface area contributed by atoms with Crippen molar-refractivity contribution in [2.24, 2.45) is 0 Å². The van der Waals surface area contributed by atoms with Crippen LogP contribution in [0.5, 0.6) is 5.75 Å². The first-order chi connectivity index (χ1) is 14.7. The van der Waals surface area contributed by atoms with E-state index in [9.17, 15) is 17.6 Å². The van der Waals surface area contributed by atoms with E-state index in [-0.39, 0.29) is 29.3 Å². The standard InChI is InChI=1S/C22H28FN3O4S/c1-16(2)24-31(28,29)20-8-9-21(17(3)14-20)30-15-22(27)26-12-10-25(11-13-26)19-6-4-18(23)5-7-19/h4-9,14,16,24H,10-13,15H2,1-3H3. The van der Waals surface area contributed by atoms with E-state index in [2.05, 4.69) is 9.62 Å². The van der Waals surface area contributed by atoms with Crippen LogP contribution >= 0.6 is 0 Å². The molecule has 1 aliphatic rings. The number of rotatable bonds is 7. The summed E-state index contributed by atoms with van der Waals surface area (Å²) in [5.41, 5.74) is 1.57. The summed E-state index contributed by atoms with van der Waals surface area (Å²) >= 11 is 0. The predicted octanol–water partition coefficient (Wildman–Crippen LogP) is 2.55. The van der Waals surface area contributed by atoms with Crippen LogP contribution in [0.2, 0.25) is 0 Å². The summed E-state index contributed by atoms with van der Waals surface area (Å²) in [6.07, 6.45) is 0. The number of aryl methyl sites for hydroxylation is 1. The maximum atomic E-state index is 13.1. The Morgan fingerprint density at radius 2 is 1.74 bits per heavy atom. The van der Waals surface area contributed by atoms with Gasteiger partial charge >= 0.3 is 0 Å². The molecule has 1 aliphatic heterocycles. The summed E-state index contributed by atoms with van der Waals surface area (Å²) in [6, 6.07) is 10.7. The highest BCUT2D eigenvalue weighted by Gasteiger charge is 2.22. The van der Waals surface area contributed by atoms with Crippen molar-refractivity contribution in [2.75, 3.05) is 37.7 Å². The van der Waals surface area contributed by atoms with Crippen molar-refractivity contribution in [3.63, 3.8) is 0 Å². The molecule has 0 saturated carbocycles. The van der Waals surface area contributed by atoms with Gasteiger partial charge in [0, 0.05) is 37.9 Å². The lowest BCUT2D eigenvalue weighted by Crippen LogP contribution is -2.50. The summed E-state index contributed by atoms with van der Waals surface area (Å²) in [7, 11) is -3.58. The lowest BCUT2D eigenvalue weighted by molar-refractivity contribution is -0.133. The van der Waals surface area contributed by atoms with E-state index < -0.39 is 10.0 Å². The third kappa shape index (κ3) is 5.95. The Kier molecular flexibility index (Phi) is 7.17. The van der Waals surface area contributed by atoms with E-state index in [1.54, 1.807) is 43.9 Å². The lowest BCUT2D eigenvalue weighted by Gasteiger charge is -2.36. The molecule has 1 saturated heterocycles. The predicted molar refractivity (Wildman–Crippen MR) is 117 cm³/mol. The summed E-state index contributed by atoms with van der Waals surface area (Å²) in [6.45, 7) is 7.56. The van der Waals surface area contributed by atoms with Crippen LogP contribution in [0.1, 0.15) is 19.4 Å². The number of halogens is 1. The molecule has 0 spiro atoms. The molecule has 1 fully saturated rings. The number of anilines is 1. The van der Waals surface area contributed by atoms with Crippen molar-refractivity contribution in [1.82, 2.24) is 9.62 Å². The number of piperazine rings is 1. The Hall–Kier alpha value is -2.65. The minimum absolute atomic E-state index is 0.117. The number of hydrogen-bond acceptors (Lipinski definition) is 5. The van der Waals surface area contributed by atoms with E-state index in [0.29, 0.717) is 37.5 Å². The molecule has 2 aromatic rings. The Morgan fingerprint density at radius 1 is 1.10 bits per heavy atom. The van der Waals surface area contributed by atoms with Crippen molar-refractivity contribution >= 4 is 21.6 Å². The van der Waals surface area contributed by atoms with Gasteiger partial charge in [-0.15, -0.1) is 0 Å². The second kappa shape index (κ2) is 9.65. The average Bonchev–Trinajstić information content (AvgIpc) is 2.72.